The lowest BCUT2D eigenvalue weighted by Gasteiger charge is -2.37. The molecule has 2 fully saturated rings. The van der Waals surface area contributed by atoms with Crippen LogP contribution in [0.3, 0.4) is 0 Å². The molecule has 4 rings (SSSR count). The lowest BCUT2D eigenvalue weighted by atomic mass is 10.1. The van der Waals surface area contributed by atoms with E-state index >= 15 is 0 Å². The van der Waals surface area contributed by atoms with Crippen LogP contribution < -0.4 is 0 Å². The van der Waals surface area contributed by atoms with Crippen molar-refractivity contribution in [3.8, 4) is 10.6 Å². The molecule has 0 radical (unpaired) electrons. The highest BCUT2D eigenvalue weighted by Gasteiger charge is 2.39. The first-order valence-corrected chi connectivity index (χ1v) is 8.75. The van der Waals surface area contributed by atoms with E-state index in [2.05, 4.69) is 4.98 Å². The molecule has 1 aliphatic heterocycles. The van der Waals surface area contributed by atoms with Crippen molar-refractivity contribution in [1.29, 1.82) is 0 Å². The van der Waals surface area contributed by atoms with E-state index < -0.39 is 0 Å². The SMILES string of the molecule is O=C(c1csc(-c2ccccc2F)n1)N1CCO[C@@H]2CCC[C@H]21. The van der Waals surface area contributed by atoms with Gasteiger partial charge in [-0.3, -0.25) is 4.79 Å². The van der Waals surface area contributed by atoms with Crippen molar-refractivity contribution in [2.75, 3.05) is 13.2 Å². The first-order chi connectivity index (χ1) is 11.2. The van der Waals surface area contributed by atoms with Gasteiger partial charge in [-0.2, -0.15) is 0 Å². The summed E-state index contributed by atoms with van der Waals surface area (Å²) in [7, 11) is 0. The monoisotopic (exact) mass is 332 g/mol. The molecule has 1 aliphatic carbocycles. The number of aromatic nitrogens is 1. The quantitative estimate of drug-likeness (QED) is 0.847. The summed E-state index contributed by atoms with van der Waals surface area (Å²) in [6.07, 6.45) is 3.26. The van der Waals surface area contributed by atoms with Gasteiger partial charge >= 0.3 is 0 Å². The van der Waals surface area contributed by atoms with Crippen molar-refractivity contribution < 1.29 is 13.9 Å². The Balaban J connectivity index is 1.59. The smallest absolute Gasteiger partial charge is 0.273 e. The number of halogens is 1. The van der Waals surface area contributed by atoms with Crippen molar-refractivity contribution in [1.82, 2.24) is 9.88 Å². The summed E-state index contributed by atoms with van der Waals surface area (Å²) in [6, 6.07) is 6.67. The Morgan fingerprint density at radius 3 is 3.09 bits per heavy atom. The fourth-order valence-electron chi connectivity index (χ4n) is 3.46. The van der Waals surface area contributed by atoms with Crippen LogP contribution in [0.1, 0.15) is 29.8 Å². The van der Waals surface area contributed by atoms with Crippen LogP contribution in [-0.4, -0.2) is 41.1 Å². The van der Waals surface area contributed by atoms with E-state index in [0.29, 0.717) is 29.4 Å². The number of hydrogen-bond donors (Lipinski definition) is 0. The summed E-state index contributed by atoms with van der Waals surface area (Å²) in [5, 5.41) is 2.27. The first-order valence-electron chi connectivity index (χ1n) is 7.87. The highest BCUT2D eigenvalue weighted by Crippen LogP contribution is 2.32. The molecule has 2 aliphatic rings. The molecule has 1 saturated heterocycles. The number of thiazole rings is 1. The summed E-state index contributed by atoms with van der Waals surface area (Å²) >= 11 is 1.30. The molecule has 0 unspecified atom stereocenters. The van der Waals surface area contributed by atoms with Gasteiger partial charge in [0.1, 0.15) is 16.5 Å². The number of morpholine rings is 1. The van der Waals surface area contributed by atoms with Gasteiger partial charge < -0.3 is 9.64 Å². The Morgan fingerprint density at radius 1 is 1.35 bits per heavy atom. The molecule has 120 valence electrons. The number of carbonyl (C=O) groups is 1. The van der Waals surface area contributed by atoms with Crippen LogP contribution in [-0.2, 0) is 4.74 Å². The number of carbonyl (C=O) groups excluding carboxylic acids is 1. The fourth-order valence-corrected chi connectivity index (χ4v) is 4.28. The van der Waals surface area contributed by atoms with Gasteiger partial charge in [0.15, 0.2) is 0 Å². The molecule has 1 amide bonds. The minimum Gasteiger partial charge on any atom is -0.374 e. The number of fused-ring (bicyclic) bond motifs is 1. The Kier molecular flexibility index (Phi) is 3.87. The number of ether oxygens (including phenoxy) is 1. The molecule has 2 aromatic rings. The summed E-state index contributed by atoms with van der Waals surface area (Å²) < 4.78 is 19.6. The van der Waals surface area contributed by atoms with Crippen LogP contribution >= 0.6 is 11.3 Å². The van der Waals surface area contributed by atoms with Gasteiger partial charge in [-0.05, 0) is 31.4 Å². The Hall–Kier alpha value is -1.79. The van der Waals surface area contributed by atoms with Gasteiger partial charge in [0.25, 0.3) is 5.91 Å². The second-order valence-electron chi connectivity index (χ2n) is 5.92. The zero-order chi connectivity index (χ0) is 15.8. The predicted octanol–water partition coefficient (Wildman–Crippen LogP) is 3.34. The van der Waals surface area contributed by atoms with Crippen molar-refractivity contribution in [2.45, 2.75) is 31.4 Å². The van der Waals surface area contributed by atoms with Gasteiger partial charge in [0.05, 0.1) is 18.8 Å². The van der Waals surface area contributed by atoms with Crippen LogP contribution in [0.4, 0.5) is 4.39 Å². The number of rotatable bonds is 2. The molecule has 1 saturated carbocycles. The van der Waals surface area contributed by atoms with Crippen LogP contribution in [0, 0.1) is 5.82 Å². The van der Waals surface area contributed by atoms with Crippen molar-refractivity contribution in [3.05, 3.63) is 41.2 Å². The van der Waals surface area contributed by atoms with Crippen LogP contribution in [0.25, 0.3) is 10.6 Å². The fraction of sp³-hybridized carbons (Fsp3) is 0.412. The number of benzene rings is 1. The average Bonchev–Trinajstić information content (AvgIpc) is 3.23. The Bertz CT molecular complexity index is 733. The second-order valence-corrected chi connectivity index (χ2v) is 6.78. The lowest BCUT2D eigenvalue weighted by Crippen LogP contribution is -2.51. The minimum absolute atomic E-state index is 0.0657. The average molecular weight is 332 g/mol. The van der Waals surface area contributed by atoms with Gasteiger partial charge in [0.2, 0.25) is 0 Å². The maximum absolute atomic E-state index is 13.9. The van der Waals surface area contributed by atoms with Gasteiger partial charge in [-0.25, -0.2) is 9.37 Å². The molecule has 0 bridgehead atoms. The standard InChI is InChI=1S/C17H17FN2O2S/c18-12-5-2-1-4-11(12)16-19-13(10-23-16)17(21)20-8-9-22-15-7-3-6-14(15)20/h1-2,4-5,10,14-15H,3,6-9H2/t14-,15-/m1/s1. The molecular formula is C17H17FN2O2S. The van der Waals surface area contributed by atoms with Crippen LogP contribution in [0.5, 0.6) is 0 Å². The van der Waals surface area contributed by atoms with Crippen molar-refractivity contribution in [3.63, 3.8) is 0 Å². The molecule has 2 heterocycles. The minimum atomic E-state index is -0.317. The van der Waals surface area contributed by atoms with Crippen LogP contribution in [0.2, 0.25) is 0 Å². The van der Waals surface area contributed by atoms with E-state index in [1.807, 2.05) is 4.90 Å². The molecular weight excluding hydrogens is 315 g/mol. The zero-order valence-corrected chi connectivity index (χ0v) is 13.4. The number of nitrogens with zero attached hydrogens (tertiary/aromatic N) is 2. The molecule has 1 aromatic carbocycles. The molecule has 0 spiro atoms. The highest BCUT2D eigenvalue weighted by molar-refractivity contribution is 7.13. The van der Waals surface area contributed by atoms with E-state index in [1.165, 1.54) is 17.4 Å². The van der Waals surface area contributed by atoms with Gasteiger partial charge in [-0.1, -0.05) is 12.1 Å². The zero-order valence-electron chi connectivity index (χ0n) is 12.6. The third-order valence-corrected chi connectivity index (χ3v) is 5.45. The maximum Gasteiger partial charge on any atom is 0.273 e. The molecule has 0 N–H and O–H groups in total. The molecule has 6 heteroatoms. The second kappa shape index (κ2) is 6.02. The Morgan fingerprint density at radius 2 is 2.22 bits per heavy atom. The van der Waals surface area contributed by atoms with E-state index in [1.54, 1.807) is 23.6 Å². The number of amides is 1. The largest absolute Gasteiger partial charge is 0.374 e. The molecule has 23 heavy (non-hydrogen) atoms. The van der Waals surface area contributed by atoms with E-state index in [-0.39, 0.29) is 23.9 Å². The van der Waals surface area contributed by atoms with E-state index in [9.17, 15) is 9.18 Å². The van der Waals surface area contributed by atoms with Gasteiger partial charge in [0, 0.05) is 17.5 Å². The molecule has 1 aromatic heterocycles. The van der Waals surface area contributed by atoms with Gasteiger partial charge in [-0.15, -0.1) is 11.3 Å². The number of hydrogen-bond acceptors (Lipinski definition) is 4. The topological polar surface area (TPSA) is 42.4 Å². The summed E-state index contributed by atoms with van der Waals surface area (Å²) in [5.74, 6) is -0.382. The molecule has 4 nitrogen and oxygen atoms in total. The molecule has 2 atom stereocenters. The predicted molar refractivity (Wildman–Crippen MR) is 85.9 cm³/mol. The lowest BCUT2D eigenvalue weighted by molar-refractivity contribution is -0.0447. The highest BCUT2D eigenvalue weighted by atomic mass is 32.1. The van der Waals surface area contributed by atoms with Crippen molar-refractivity contribution >= 4 is 17.2 Å². The maximum atomic E-state index is 13.9. The summed E-state index contributed by atoms with van der Waals surface area (Å²) in [6.45, 7) is 1.18. The third kappa shape index (κ3) is 2.66. The van der Waals surface area contributed by atoms with E-state index in [0.717, 1.165) is 19.3 Å². The third-order valence-electron chi connectivity index (χ3n) is 4.57. The normalized spacial score (nSPS) is 23.8. The van der Waals surface area contributed by atoms with Crippen molar-refractivity contribution in [2.24, 2.45) is 0 Å². The Labute approximate surface area is 137 Å². The van der Waals surface area contributed by atoms with Crippen LogP contribution in [0.15, 0.2) is 29.6 Å². The summed E-state index contributed by atoms with van der Waals surface area (Å²) in [5.41, 5.74) is 0.845. The van der Waals surface area contributed by atoms with E-state index in [4.69, 9.17) is 4.74 Å². The summed E-state index contributed by atoms with van der Waals surface area (Å²) in [4.78, 5) is 19.1. The first kappa shape index (κ1) is 14.8.